The molecule has 0 aliphatic carbocycles. The normalized spacial score (nSPS) is 23.6. The summed E-state index contributed by atoms with van der Waals surface area (Å²) in [5.41, 5.74) is -0.285. The first-order valence-corrected chi connectivity index (χ1v) is 12.3. The number of allylic oxidation sites excluding steroid dienone is 2. The molecule has 2 aromatic carbocycles. The smallest absolute Gasteiger partial charge is 0.238 e. The van der Waals surface area contributed by atoms with E-state index in [0.717, 1.165) is 24.0 Å². The Morgan fingerprint density at radius 1 is 0.818 bits per heavy atom. The van der Waals surface area contributed by atoms with Gasteiger partial charge in [0.25, 0.3) is 0 Å². The van der Waals surface area contributed by atoms with Crippen LogP contribution in [-0.4, -0.2) is 27.7 Å². The largest absolute Gasteiger partial charge is 0.324 e. The highest BCUT2D eigenvalue weighted by atomic mass is 16.2. The van der Waals surface area contributed by atoms with Crippen molar-refractivity contribution in [1.29, 1.82) is 0 Å². The molecule has 2 atom stereocenters. The van der Waals surface area contributed by atoms with Crippen molar-refractivity contribution in [3.8, 4) is 0 Å². The lowest BCUT2D eigenvalue weighted by molar-refractivity contribution is -0.143. The van der Waals surface area contributed by atoms with E-state index in [-0.39, 0.29) is 11.7 Å². The maximum Gasteiger partial charge on any atom is 0.238 e. The van der Waals surface area contributed by atoms with Gasteiger partial charge in [-0.1, -0.05) is 93.1 Å². The van der Waals surface area contributed by atoms with Crippen molar-refractivity contribution in [2.75, 3.05) is 0 Å². The molecule has 3 rings (SSSR count). The van der Waals surface area contributed by atoms with Crippen molar-refractivity contribution in [2.24, 2.45) is 5.41 Å². The number of Topliss-reactive ketones (excluding diaryl/α,β-unsaturated/α-hetero) is 1. The molecule has 1 aliphatic rings. The molecule has 0 saturated carbocycles. The van der Waals surface area contributed by atoms with Crippen LogP contribution in [0.1, 0.15) is 71.4 Å². The molecule has 1 saturated heterocycles. The first kappa shape index (κ1) is 25.0. The molecule has 0 N–H and O–H groups in total. The summed E-state index contributed by atoms with van der Waals surface area (Å²) < 4.78 is 0. The van der Waals surface area contributed by atoms with Gasteiger partial charge in [0, 0.05) is 12.0 Å². The Hall–Kier alpha value is -2.68. The first-order chi connectivity index (χ1) is 15.7. The van der Waals surface area contributed by atoms with E-state index in [9.17, 15) is 9.59 Å². The second kappa shape index (κ2) is 10.1. The zero-order valence-electron chi connectivity index (χ0n) is 20.9. The fourth-order valence-electron chi connectivity index (χ4n) is 5.46. The summed E-state index contributed by atoms with van der Waals surface area (Å²) in [5.74, 6) is 0.0501. The van der Waals surface area contributed by atoms with E-state index in [1.165, 1.54) is 0 Å². The first-order valence-electron chi connectivity index (χ1n) is 12.3. The molecular formula is C30H39NO2. The molecule has 2 unspecified atom stereocenters. The molecule has 176 valence electrons. The van der Waals surface area contributed by atoms with E-state index in [1.54, 1.807) is 0 Å². The summed E-state index contributed by atoms with van der Waals surface area (Å²) in [6, 6.07) is 20.1. The molecule has 3 nitrogen and oxygen atoms in total. The van der Waals surface area contributed by atoms with Gasteiger partial charge in [-0.15, -0.1) is 0 Å². The highest BCUT2D eigenvalue weighted by molar-refractivity contribution is 6.17. The number of rotatable bonds is 9. The van der Waals surface area contributed by atoms with Gasteiger partial charge in [-0.2, -0.15) is 0 Å². The third-order valence-electron chi connectivity index (χ3n) is 6.93. The molecule has 1 heterocycles. The highest BCUT2D eigenvalue weighted by Crippen LogP contribution is 2.50. The van der Waals surface area contributed by atoms with Crippen LogP contribution in [0.25, 0.3) is 0 Å². The number of amides is 1. The fraction of sp³-hybridized carbons (Fsp3) is 0.467. The third kappa shape index (κ3) is 4.83. The lowest BCUT2D eigenvalue weighted by atomic mass is 9.70. The van der Waals surface area contributed by atoms with E-state index in [0.29, 0.717) is 25.7 Å². The Morgan fingerprint density at radius 2 is 1.36 bits per heavy atom. The zero-order valence-corrected chi connectivity index (χ0v) is 20.9. The van der Waals surface area contributed by atoms with Crippen LogP contribution < -0.4 is 0 Å². The average molecular weight is 446 g/mol. The van der Waals surface area contributed by atoms with E-state index in [2.05, 4.69) is 58.9 Å². The Balaban J connectivity index is 2.17. The summed E-state index contributed by atoms with van der Waals surface area (Å²) >= 11 is 0. The number of nitrogens with zero attached hydrogens (tertiary/aromatic N) is 1. The number of hydrogen-bond acceptors (Lipinski definition) is 2. The van der Waals surface area contributed by atoms with E-state index in [4.69, 9.17) is 0 Å². The van der Waals surface area contributed by atoms with Crippen LogP contribution in [0.5, 0.6) is 0 Å². The second-order valence-corrected chi connectivity index (χ2v) is 10.4. The van der Waals surface area contributed by atoms with Gasteiger partial charge in [0.15, 0.2) is 5.78 Å². The molecule has 1 amide bonds. The highest BCUT2D eigenvalue weighted by Gasteiger charge is 2.67. The Kier molecular flexibility index (Phi) is 7.62. The van der Waals surface area contributed by atoms with Gasteiger partial charge in [-0.25, -0.2) is 0 Å². The van der Waals surface area contributed by atoms with Gasteiger partial charge in [-0.05, 0) is 57.6 Å². The third-order valence-corrected chi connectivity index (χ3v) is 6.93. The maximum absolute atomic E-state index is 14.6. The number of ketones is 1. The van der Waals surface area contributed by atoms with Gasteiger partial charge in [0.1, 0.15) is 11.0 Å². The SMILES string of the molecule is CCCC=CCC1(Cc2ccccc2)C(=O)N(C(C)(C)C)C(CC)(Cc2ccccc2)C1=O. The molecule has 33 heavy (non-hydrogen) atoms. The van der Waals surface area contributed by atoms with Crippen molar-refractivity contribution in [3.63, 3.8) is 0 Å². The van der Waals surface area contributed by atoms with E-state index in [1.807, 2.05) is 53.4 Å². The number of unbranched alkanes of at least 4 members (excludes halogenated alkanes) is 1. The molecule has 0 bridgehead atoms. The Morgan fingerprint density at radius 3 is 1.85 bits per heavy atom. The topological polar surface area (TPSA) is 37.4 Å². The molecule has 3 heteroatoms. The van der Waals surface area contributed by atoms with Gasteiger partial charge in [0.05, 0.1) is 0 Å². The number of carbonyl (C=O) groups excluding carboxylic acids is 2. The maximum atomic E-state index is 14.6. The molecule has 0 aromatic heterocycles. The van der Waals surface area contributed by atoms with Gasteiger partial charge in [-0.3, -0.25) is 9.59 Å². The monoisotopic (exact) mass is 445 g/mol. The average Bonchev–Trinajstić information content (AvgIpc) is 2.97. The van der Waals surface area contributed by atoms with Crippen LogP contribution >= 0.6 is 0 Å². The Labute approximate surface area is 199 Å². The van der Waals surface area contributed by atoms with Crippen LogP contribution in [0.4, 0.5) is 0 Å². The molecule has 0 radical (unpaired) electrons. The molecular weight excluding hydrogens is 406 g/mol. The van der Waals surface area contributed by atoms with E-state index < -0.39 is 16.5 Å². The summed E-state index contributed by atoms with van der Waals surface area (Å²) in [6.07, 6.45) is 8.21. The molecule has 0 spiro atoms. The lowest BCUT2D eigenvalue weighted by Crippen LogP contribution is -2.58. The van der Waals surface area contributed by atoms with E-state index >= 15 is 0 Å². The van der Waals surface area contributed by atoms with Crippen LogP contribution in [0.15, 0.2) is 72.8 Å². The van der Waals surface area contributed by atoms with Crippen molar-refractivity contribution < 1.29 is 9.59 Å². The predicted octanol–water partition coefficient (Wildman–Crippen LogP) is 6.56. The second-order valence-electron chi connectivity index (χ2n) is 10.4. The summed E-state index contributed by atoms with van der Waals surface area (Å²) in [6.45, 7) is 10.4. The quantitative estimate of drug-likeness (QED) is 0.324. The lowest BCUT2D eigenvalue weighted by Gasteiger charge is -2.45. The van der Waals surface area contributed by atoms with Gasteiger partial charge in [0.2, 0.25) is 5.91 Å². The summed E-state index contributed by atoms with van der Waals surface area (Å²) in [5, 5.41) is 0. The molecule has 1 fully saturated rings. The number of hydrogen-bond donors (Lipinski definition) is 0. The van der Waals surface area contributed by atoms with Gasteiger partial charge < -0.3 is 4.90 Å². The number of likely N-dealkylation sites (tertiary alicyclic amines) is 1. The predicted molar refractivity (Wildman–Crippen MR) is 136 cm³/mol. The molecule has 2 aromatic rings. The minimum absolute atomic E-state index is 0.0252. The number of benzene rings is 2. The van der Waals surface area contributed by atoms with Crippen LogP contribution in [-0.2, 0) is 22.4 Å². The number of carbonyl (C=O) groups is 2. The standard InChI is InChI=1S/C30H39NO2/c1-6-8-9-16-21-29(22-24-17-12-10-13-18-24)26(32)30(7-2,23-25-19-14-11-15-20-25)31(27(29)33)28(3,4)5/h9-20H,6-8,21-23H2,1-5H3. The fourth-order valence-corrected chi connectivity index (χ4v) is 5.46. The van der Waals surface area contributed by atoms with Crippen molar-refractivity contribution in [3.05, 3.63) is 83.9 Å². The minimum Gasteiger partial charge on any atom is -0.324 e. The Bertz CT molecular complexity index is 973. The summed E-state index contributed by atoms with van der Waals surface area (Å²) in [7, 11) is 0. The zero-order chi connectivity index (χ0) is 24.1. The van der Waals surface area contributed by atoms with Crippen molar-refractivity contribution in [1.82, 2.24) is 4.90 Å². The van der Waals surface area contributed by atoms with Crippen molar-refractivity contribution >= 4 is 11.7 Å². The van der Waals surface area contributed by atoms with Crippen LogP contribution in [0.3, 0.4) is 0 Å². The minimum atomic E-state index is -1.08. The molecule has 1 aliphatic heterocycles. The van der Waals surface area contributed by atoms with Crippen molar-refractivity contribution in [2.45, 2.75) is 84.2 Å². The van der Waals surface area contributed by atoms with Gasteiger partial charge >= 0.3 is 0 Å². The summed E-state index contributed by atoms with van der Waals surface area (Å²) in [4.78, 5) is 30.9. The van der Waals surface area contributed by atoms with Crippen LogP contribution in [0, 0.1) is 5.41 Å². The van der Waals surface area contributed by atoms with Crippen LogP contribution in [0.2, 0.25) is 0 Å².